The minimum Gasteiger partial charge on any atom is -0.347 e. The van der Waals surface area contributed by atoms with E-state index >= 15 is 0 Å². The molecular weight excluding hydrogens is 372 g/mol. The van der Waals surface area contributed by atoms with E-state index in [-0.39, 0.29) is 11.7 Å². The molecule has 1 saturated heterocycles. The van der Waals surface area contributed by atoms with Gasteiger partial charge in [0.1, 0.15) is 12.0 Å². The van der Waals surface area contributed by atoms with Crippen molar-refractivity contribution in [3.05, 3.63) is 60.2 Å². The van der Waals surface area contributed by atoms with Crippen molar-refractivity contribution in [3.63, 3.8) is 0 Å². The molecule has 3 nitrogen and oxygen atoms in total. The largest absolute Gasteiger partial charge is 0.347 e. The van der Waals surface area contributed by atoms with Gasteiger partial charge in [-0.05, 0) is 60.9 Å². The summed E-state index contributed by atoms with van der Waals surface area (Å²) >= 11 is 0. The topological polar surface area (TPSA) is 31.4 Å². The summed E-state index contributed by atoms with van der Waals surface area (Å²) in [5, 5.41) is 0. The Morgan fingerprint density at radius 2 is 1.93 bits per heavy atom. The Morgan fingerprint density at radius 3 is 2.69 bits per heavy atom. The number of nitrogens with zero attached hydrogens (tertiary/aromatic N) is 1. The quantitative estimate of drug-likeness (QED) is 0.693. The number of rotatable bonds is 3. The molecule has 152 valence electrons. The van der Waals surface area contributed by atoms with Crippen molar-refractivity contribution in [2.45, 2.75) is 37.6 Å². The van der Waals surface area contributed by atoms with E-state index in [1.165, 1.54) is 12.1 Å². The van der Waals surface area contributed by atoms with Gasteiger partial charge in [0.2, 0.25) is 0 Å². The van der Waals surface area contributed by atoms with E-state index in [4.69, 9.17) is 9.47 Å². The Labute approximate surface area is 169 Å². The average molecular weight is 397 g/mol. The van der Waals surface area contributed by atoms with Crippen molar-refractivity contribution < 1.29 is 18.3 Å². The molecule has 1 aromatic carbocycles. The fourth-order valence-electron chi connectivity index (χ4n) is 5.38. The lowest BCUT2D eigenvalue weighted by atomic mass is 9.77. The van der Waals surface area contributed by atoms with E-state index < -0.39 is 12.0 Å². The van der Waals surface area contributed by atoms with Gasteiger partial charge in [0.25, 0.3) is 0 Å². The summed E-state index contributed by atoms with van der Waals surface area (Å²) in [6.07, 6.45) is 8.12. The lowest BCUT2D eigenvalue weighted by Gasteiger charge is -2.32. The molecule has 0 N–H and O–H groups in total. The van der Waals surface area contributed by atoms with E-state index in [0.29, 0.717) is 37.9 Å². The van der Waals surface area contributed by atoms with Gasteiger partial charge >= 0.3 is 0 Å². The standard InChI is InChI=1S/C24H25F2NO2/c25-19-3-1-2-16(12-19)17-4-6-21(27-15-17)7-9-23-22-8-5-20(26)13-18(22)14-24(23)28-10-11-29-24/h1-4,6-7,9,12,15,18,20,22-23H,5,8,10-11,13-14H2/t18-,20+,22-,23-/m0/s1. The number of hydrogen-bond acceptors (Lipinski definition) is 3. The van der Waals surface area contributed by atoms with Gasteiger partial charge in [-0.3, -0.25) is 4.98 Å². The number of pyridine rings is 1. The molecule has 0 radical (unpaired) electrons. The summed E-state index contributed by atoms with van der Waals surface area (Å²) < 4.78 is 39.5. The fraction of sp³-hybridized carbons (Fsp3) is 0.458. The van der Waals surface area contributed by atoms with Crippen molar-refractivity contribution in [1.29, 1.82) is 0 Å². The van der Waals surface area contributed by atoms with Crippen LogP contribution < -0.4 is 0 Å². The molecule has 1 aromatic heterocycles. The Hall–Kier alpha value is -2.11. The summed E-state index contributed by atoms with van der Waals surface area (Å²) in [6.45, 7) is 1.20. The first-order chi connectivity index (χ1) is 14.1. The smallest absolute Gasteiger partial charge is 0.175 e. The fourth-order valence-corrected chi connectivity index (χ4v) is 5.38. The van der Waals surface area contributed by atoms with Crippen molar-refractivity contribution in [1.82, 2.24) is 4.98 Å². The molecule has 0 bridgehead atoms. The maximum absolute atomic E-state index is 13.9. The highest BCUT2D eigenvalue weighted by atomic mass is 19.1. The second-order valence-corrected chi connectivity index (χ2v) is 8.41. The maximum atomic E-state index is 13.9. The summed E-state index contributed by atoms with van der Waals surface area (Å²) in [4.78, 5) is 4.53. The summed E-state index contributed by atoms with van der Waals surface area (Å²) in [5.74, 6) is -0.0331. The first-order valence-electron chi connectivity index (χ1n) is 10.5. The summed E-state index contributed by atoms with van der Waals surface area (Å²) in [7, 11) is 0. The molecule has 1 spiro atoms. The number of alkyl halides is 1. The molecule has 0 unspecified atom stereocenters. The van der Waals surface area contributed by atoms with Crippen LogP contribution in [0.2, 0.25) is 0 Å². The predicted octanol–water partition coefficient (Wildman–Crippen LogP) is 5.42. The van der Waals surface area contributed by atoms with E-state index in [2.05, 4.69) is 11.1 Å². The van der Waals surface area contributed by atoms with Crippen LogP contribution in [-0.2, 0) is 9.47 Å². The van der Waals surface area contributed by atoms with Gasteiger partial charge in [-0.15, -0.1) is 0 Å². The molecule has 2 saturated carbocycles. The Balaban J connectivity index is 1.37. The molecular formula is C24H25F2NO2. The van der Waals surface area contributed by atoms with Crippen molar-refractivity contribution in [2.24, 2.45) is 17.8 Å². The Morgan fingerprint density at radius 1 is 1.07 bits per heavy atom. The molecule has 0 amide bonds. The van der Waals surface area contributed by atoms with Gasteiger partial charge in [-0.25, -0.2) is 8.78 Å². The minimum atomic E-state index is -0.700. The average Bonchev–Trinajstić information content (AvgIpc) is 3.31. The Bertz CT molecular complexity index is 892. The van der Waals surface area contributed by atoms with Crippen LogP contribution in [0.4, 0.5) is 8.78 Å². The molecule has 4 atom stereocenters. The third-order valence-electron chi connectivity index (χ3n) is 6.69. The number of halogens is 2. The third-order valence-corrected chi connectivity index (χ3v) is 6.69. The van der Waals surface area contributed by atoms with Gasteiger partial charge in [-0.1, -0.05) is 24.3 Å². The van der Waals surface area contributed by atoms with Gasteiger partial charge in [0.05, 0.1) is 18.9 Å². The molecule has 3 aliphatic rings. The second-order valence-electron chi connectivity index (χ2n) is 8.41. The third kappa shape index (κ3) is 3.62. The zero-order valence-electron chi connectivity index (χ0n) is 16.3. The zero-order valence-corrected chi connectivity index (χ0v) is 16.3. The highest BCUT2D eigenvalue weighted by Gasteiger charge is 2.57. The zero-order chi connectivity index (χ0) is 19.8. The van der Waals surface area contributed by atoms with Crippen LogP contribution in [-0.4, -0.2) is 30.2 Å². The van der Waals surface area contributed by atoms with Gasteiger partial charge in [0.15, 0.2) is 5.79 Å². The molecule has 2 heterocycles. The number of fused-ring (bicyclic) bond motifs is 1. The lowest BCUT2D eigenvalue weighted by molar-refractivity contribution is -0.175. The number of hydrogen-bond donors (Lipinski definition) is 0. The van der Waals surface area contributed by atoms with Crippen molar-refractivity contribution in [2.75, 3.05) is 13.2 Å². The molecule has 2 aliphatic carbocycles. The molecule has 29 heavy (non-hydrogen) atoms. The van der Waals surface area contributed by atoms with Crippen molar-refractivity contribution in [3.8, 4) is 11.1 Å². The van der Waals surface area contributed by atoms with Crippen LogP contribution in [0.3, 0.4) is 0 Å². The molecule has 2 aromatic rings. The monoisotopic (exact) mass is 397 g/mol. The minimum absolute atomic E-state index is 0.118. The van der Waals surface area contributed by atoms with Gasteiger partial charge < -0.3 is 9.47 Å². The Kier molecular flexibility index (Phi) is 4.96. The highest BCUT2D eigenvalue weighted by Crippen LogP contribution is 2.55. The molecule has 5 heteroatoms. The van der Waals surface area contributed by atoms with Crippen LogP contribution in [0, 0.1) is 23.6 Å². The molecule has 3 fully saturated rings. The SMILES string of the molecule is Fc1cccc(-c2ccc(C=C[C@H]3[C@H]4CC[C@@H](F)C[C@H]4CC34OCCO4)nc2)c1. The van der Waals surface area contributed by atoms with Crippen LogP contribution in [0.5, 0.6) is 0 Å². The predicted molar refractivity (Wildman–Crippen MR) is 107 cm³/mol. The second kappa shape index (κ2) is 7.62. The number of aromatic nitrogens is 1. The van der Waals surface area contributed by atoms with Crippen LogP contribution >= 0.6 is 0 Å². The first kappa shape index (κ1) is 18.9. The normalized spacial score (nSPS) is 30.8. The van der Waals surface area contributed by atoms with E-state index in [1.807, 2.05) is 24.3 Å². The summed E-state index contributed by atoms with van der Waals surface area (Å²) in [6, 6.07) is 10.4. The highest BCUT2D eigenvalue weighted by molar-refractivity contribution is 5.63. The first-order valence-corrected chi connectivity index (χ1v) is 10.5. The summed E-state index contributed by atoms with van der Waals surface area (Å²) in [5.41, 5.74) is 2.52. The molecule has 1 aliphatic heterocycles. The number of ether oxygens (including phenoxy) is 2. The number of benzene rings is 1. The van der Waals surface area contributed by atoms with E-state index in [9.17, 15) is 8.78 Å². The van der Waals surface area contributed by atoms with Crippen LogP contribution in [0.15, 0.2) is 48.7 Å². The van der Waals surface area contributed by atoms with Gasteiger partial charge in [-0.2, -0.15) is 0 Å². The van der Waals surface area contributed by atoms with E-state index in [0.717, 1.165) is 29.7 Å². The van der Waals surface area contributed by atoms with Crippen LogP contribution in [0.25, 0.3) is 17.2 Å². The molecule has 5 rings (SSSR count). The van der Waals surface area contributed by atoms with Gasteiger partial charge in [0, 0.05) is 24.1 Å². The van der Waals surface area contributed by atoms with E-state index in [1.54, 1.807) is 12.3 Å². The maximum Gasteiger partial charge on any atom is 0.175 e. The van der Waals surface area contributed by atoms with Crippen molar-refractivity contribution >= 4 is 6.08 Å². The van der Waals surface area contributed by atoms with Crippen LogP contribution in [0.1, 0.15) is 31.4 Å². The lowest BCUT2D eigenvalue weighted by Crippen LogP contribution is -2.35.